The molecule has 4 heteroatoms. The van der Waals surface area contributed by atoms with E-state index in [0.29, 0.717) is 18.9 Å². The summed E-state index contributed by atoms with van der Waals surface area (Å²) < 4.78 is 12.6. The van der Waals surface area contributed by atoms with E-state index in [1.807, 2.05) is 4.90 Å². The molecule has 0 spiro atoms. The molecule has 14 heavy (non-hydrogen) atoms. The third kappa shape index (κ3) is 2.81. The van der Waals surface area contributed by atoms with Crippen molar-refractivity contribution in [2.24, 2.45) is 0 Å². The number of pyridine rings is 1. The Hall–Kier alpha value is -1.42. The molecule has 0 saturated heterocycles. The molecule has 0 aliphatic carbocycles. The molecule has 0 unspecified atom stereocenters. The third-order valence-electron chi connectivity index (χ3n) is 1.76. The van der Waals surface area contributed by atoms with Gasteiger partial charge < -0.3 is 10.0 Å². The Balaban J connectivity index is 2.76. The number of halogens is 1. The highest BCUT2D eigenvalue weighted by atomic mass is 19.1. The van der Waals surface area contributed by atoms with Gasteiger partial charge in [-0.05, 0) is 12.1 Å². The number of aliphatic hydroxyl groups is 1. The second-order valence-corrected chi connectivity index (χ2v) is 2.79. The minimum absolute atomic E-state index is 0.0346. The van der Waals surface area contributed by atoms with E-state index in [0.717, 1.165) is 6.20 Å². The molecule has 76 valence electrons. The second-order valence-electron chi connectivity index (χ2n) is 2.79. The minimum atomic E-state index is -0.365. The van der Waals surface area contributed by atoms with Crippen molar-refractivity contribution < 1.29 is 9.50 Å². The molecule has 0 amide bonds. The predicted octanol–water partition coefficient (Wildman–Crippen LogP) is 1.21. The first-order chi connectivity index (χ1) is 6.77. The fourth-order valence-electron chi connectivity index (χ4n) is 1.13. The fourth-order valence-corrected chi connectivity index (χ4v) is 1.13. The lowest BCUT2D eigenvalue weighted by Crippen LogP contribution is -2.27. The Labute approximate surface area is 82.5 Å². The Morgan fingerprint density at radius 1 is 1.57 bits per heavy atom. The number of aromatic nitrogens is 1. The molecule has 1 aromatic rings. The van der Waals surface area contributed by atoms with Gasteiger partial charge in [-0.2, -0.15) is 0 Å². The Kier molecular flexibility index (Phi) is 4.07. The third-order valence-corrected chi connectivity index (χ3v) is 1.76. The molecule has 1 rings (SSSR count). The smallest absolute Gasteiger partial charge is 0.141 e. The average molecular weight is 196 g/mol. The summed E-state index contributed by atoms with van der Waals surface area (Å²) in [5.41, 5.74) is 0. The largest absolute Gasteiger partial charge is 0.395 e. The first-order valence-electron chi connectivity index (χ1n) is 4.36. The lowest BCUT2D eigenvalue weighted by atomic mass is 10.4. The molecule has 0 saturated carbocycles. The van der Waals surface area contributed by atoms with Crippen LogP contribution in [-0.2, 0) is 0 Å². The van der Waals surface area contributed by atoms with Crippen LogP contribution < -0.4 is 4.90 Å². The first kappa shape index (κ1) is 10.7. The molecule has 0 aliphatic heterocycles. The van der Waals surface area contributed by atoms with Crippen LogP contribution in [0, 0.1) is 5.82 Å². The Morgan fingerprint density at radius 2 is 2.36 bits per heavy atom. The zero-order valence-corrected chi connectivity index (χ0v) is 7.86. The van der Waals surface area contributed by atoms with Gasteiger partial charge in [-0.25, -0.2) is 9.37 Å². The van der Waals surface area contributed by atoms with E-state index >= 15 is 0 Å². The second kappa shape index (κ2) is 5.34. The van der Waals surface area contributed by atoms with Crippen LogP contribution in [-0.4, -0.2) is 29.8 Å². The molecule has 0 radical (unpaired) electrons. The van der Waals surface area contributed by atoms with Crippen LogP contribution >= 0.6 is 0 Å². The van der Waals surface area contributed by atoms with E-state index in [2.05, 4.69) is 11.6 Å². The lowest BCUT2D eigenvalue weighted by molar-refractivity contribution is 0.302. The van der Waals surface area contributed by atoms with Crippen molar-refractivity contribution in [2.45, 2.75) is 0 Å². The highest BCUT2D eigenvalue weighted by molar-refractivity contribution is 5.38. The zero-order valence-electron chi connectivity index (χ0n) is 7.86. The van der Waals surface area contributed by atoms with Gasteiger partial charge in [0, 0.05) is 13.1 Å². The molecular weight excluding hydrogens is 183 g/mol. The summed E-state index contributed by atoms with van der Waals surface area (Å²) in [4.78, 5) is 5.72. The van der Waals surface area contributed by atoms with E-state index in [-0.39, 0.29) is 12.4 Å². The lowest BCUT2D eigenvalue weighted by Gasteiger charge is -2.20. The predicted molar refractivity (Wildman–Crippen MR) is 53.7 cm³/mol. The Bertz CT molecular complexity index is 287. The monoisotopic (exact) mass is 196 g/mol. The van der Waals surface area contributed by atoms with E-state index in [1.165, 1.54) is 6.07 Å². The van der Waals surface area contributed by atoms with Crippen molar-refractivity contribution in [1.29, 1.82) is 0 Å². The quantitative estimate of drug-likeness (QED) is 0.719. The molecular formula is C10H13FN2O. The van der Waals surface area contributed by atoms with Gasteiger partial charge >= 0.3 is 0 Å². The van der Waals surface area contributed by atoms with Gasteiger partial charge in [0.15, 0.2) is 0 Å². The maximum atomic E-state index is 12.6. The topological polar surface area (TPSA) is 36.4 Å². The first-order valence-corrected chi connectivity index (χ1v) is 4.36. The van der Waals surface area contributed by atoms with Gasteiger partial charge in [0.2, 0.25) is 0 Å². The van der Waals surface area contributed by atoms with Gasteiger partial charge in [0.25, 0.3) is 0 Å². The van der Waals surface area contributed by atoms with Gasteiger partial charge in [0.05, 0.1) is 12.8 Å². The van der Waals surface area contributed by atoms with Crippen molar-refractivity contribution in [3.05, 3.63) is 36.8 Å². The molecule has 1 N–H and O–H groups in total. The van der Waals surface area contributed by atoms with Crippen LogP contribution in [0.3, 0.4) is 0 Å². The Morgan fingerprint density at radius 3 is 2.86 bits per heavy atom. The maximum Gasteiger partial charge on any atom is 0.141 e. The van der Waals surface area contributed by atoms with Gasteiger partial charge in [-0.3, -0.25) is 0 Å². The van der Waals surface area contributed by atoms with Crippen molar-refractivity contribution in [3.63, 3.8) is 0 Å². The van der Waals surface area contributed by atoms with Crippen LogP contribution in [0.5, 0.6) is 0 Å². The standard InChI is InChI=1S/C10H13FN2O/c1-2-5-13(6-7-14)10-4-3-9(11)8-12-10/h2-4,8,14H,1,5-7H2. The van der Waals surface area contributed by atoms with E-state index in [4.69, 9.17) is 5.11 Å². The SMILES string of the molecule is C=CCN(CCO)c1ccc(F)cn1. The van der Waals surface area contributed by atoms with E-state index in [1.54, 1.807) is 12.1 Å². The number of hydrogen-bond donors (Lipinski definition) is 1. The van der Waals surface area contributed by atoms with Crippen molar-refractivity contribution in [1.82, 2.24) is 4.98 Å². The summed E-state index contributed by atoms with van der Waals surface area (Å²) in [6.07, 6.45) is 2.86. The maximum absolute atomic E-state index is 12.6. The molecule has 0 atom stereocenters. The minimum Gasteiger partial charge on any atom is -0.395 e. The van der Waals surface area contributed by atoms with E-state index in [9.17, 15) is 4.39 Å². The number of hydrogen-bond acceptors (Lipinski definition) is 3. The summed E-state index contributed by atoms with van der Waals surface area (Å²) in [6.45, 7) is 4.68. The molecule has 1 aromatic heterocycles. The van der Waals surface area contributed by atoms with Crippen LogP contribution in [0.1, 0.15) is 0 Å². The number of aliphatic hydroxyl groups excluding tert-OH is 1. The van der Waals surface area contributed by atoms with Crippen molar-refractivity contribution in [3.8, 4) is 0 Å². The van der Waals surface area contributed by atoms with Crippen LogP contribution in [0.4, 0.5) is 10.2 Å². The van der Waals surface area contributed by atoms with Crippen LogP contribution in [0.15, 0.2) is 31.0 Å². The molecule has 0 aromatic carbocycles. The fraction of sp³-hybridized carbons (Fsp3) is 0.300. The summed E-state index contributed by atoms with van der Waals surface area (Å²) in [6, 6.07) is 2.92. The summed E-state index contributed by atoms with van der Waals surface area (Å²) in [5.74, 6) is 0.275. The molecule has 3 nitrogen and oxygen atoms in total. The average Bonchev–Trinajstić information content (AvgIpc) is 2.19. The summed E-state index contributed by atoms with van der Waals surface area (Å²) in [5, 5.41) is 8.80. The molecule has 0 aliphatic rings. The highest BCUT2D eigenvalue weighted by Gasteiger charge is 2.04. The number of nitrogens with zero attached hydrogens (tertiary/aromatic N) is 2. The number of rotatable bonds is 5. The normalized spacial score (nSPS) is 9.86. The molecule has 0 bridgehead atoms. The summed E-state index contributed by atoms with van der Waals surface area (Å²) >= 11 is 0. The highest BCUT2D eigenvalue weighted by Crippen LogP contribution is 2.09. The summed E-state index contributed by atoms with van der Waals surface area (Å²) in [7, 11) is 0. The molecule has 0 fully saturated rings. The van der Waals surface area contributed by atoms with E-state index < -0.39 is 0 Å². The van der Waals surface area contributed by atoms with Crippen LogP contribution in [0.25, 0.3) is 0 Å². The van der Waals surface area contributed by atoms with Gasteiger partial charge in [0.1, 0.15) is 11.6 Å². The zero-order chi connectivity index (χ0) is 10.4. The van der Waals surface area contributed by atoms with Crippen molar-refractivity contribution in [2.75, 3.05) is 24.6 Å². The van der Waals surface area contributed by atoms with Crippen LogP contribution in [0.2, 0.25) is 0 Å². The number of anilines is 1. The van der Waals surface area contributed by atoms with Gasteiger partial charge in [-0.15, -0.1) is 6.58 Å². The van der Waals surface area contributed by atoms with Gasteiger partial charge in [-0.1, -0.05) is 6.08 Å². The molecule has 1 heterocycles. The van der Waals surface area contributed by atoms with Crippen molar-refractivity contribution >= 4 is 5.82 Å².